The Bertz CT molecular complexity index is 728. The average molecular weight is 298 g/mol. The first kappa shape index (κ1) is 14.5. The first-order valence-electron chi connectivity index (χ1n) is 6.34. The van der Waals surface area contributed by atoms with E-state index in [0.717, 1.165) is 4.57 Å². The van der Waals surface area contributed by atoms with Crippen molar-refractivity contribution in [2.24, 2.45) is 0 Å². The number of aromatic amines is 1. The molecule has 0 unspecified atom stereocenters. The van der Waals surface area contributed by atoms with Gasteiger partial charge in [-0.05, 0) is 12.8 Å². The van der Waals surface area contributed by atoms with E-state index in [1.165, 1.54) is 0 Å². The highest BCUT2D eigenvalue weighted by atomic mass is 35.5. The summed E-state index contributed by atoms with van der Waals surface area (Å²) in [6.45, 7) is 6.36. The second-order valence-electron chi connectivity index (χ2n) is 4.74. The van der Waals surface area contributed by atoms with Gasteiger partial charge in [-0.25, -0.2) is 4.79 Å². The fourth-order valence-corrected chi connectivity index (χ4v) is 2.39. The molecule has 0 aromatic carbocycles. The number of nitrogens with one attached hydrogen (secondary N) is 1. The van der Waals surface area contributed by atoms with Gasteiger partial charge in [0.05, 0.1) is 12.1 Å². The van der Waals surface area contributed by atoms with Gasteiger partial charge in [0.15, 0.2) is 5.82 Å². The van der Waals surface area contributed by atoms with Crippen LogP contribution in [0.3, 0.4) is 0 Å². The van der Waals surface area contributed by atoms with Crippen LogP contribution in [0.25, 0.3) is 0 Å². The summed E-state index contributed by atoms with van der Waals surface area (Å²) in [5, 5.41) is 7.81. The normalized spacial score (nSPS) is 11.2. The van der Waals surface area contributed by atoms with Crippen LogP contribution in [-0.4, -0.2) is 24.3 Å². The summed E-state index contributed by atoms with van der Waals surface area (Å²) < 4.78 is 2.87. The number of nitrogens with zero attached hydrogens (tertiary/aromatic N) is 4. The highest BCUT2D eigenvalue weighted by Gasteiger charge is 2.17. The molecule has 1 N–H and O–H groups in total. The Hall–Kier alpha value is -1.89. The van der Waals surface area contributed by atoms with Crippen LogP contribution in [0.2, 0.25) is 5.15 Å². The van der Waals surface area contributed by atoms with Gasteiger partial charge in [0, 0.05) is 6.54 Å². The van der Waals surface area contributed by atoms with E-state index >= 15 is 0 Å². The van der Waals surface area contributed by atoms with Gasteiger partial charge in [0.25, 0.3) is 5.56 Å². The third-order valence-corrected chi connectivity index (χ3v) is 3.39. The standard InChI is InChI=1S/C12H16ClN5O2/c1-4-17-6-14-16-8(17)5-18-11(19)9(7(2)3)10(13)15-12(18)20/h6-7H,4-5H2,1-3H3,(H,15,20). The number of H-pyrrole nitrogens is 1. The molecule has 0 spiro atoms. The van der Waals surface area contributed by atoms with Crippen LogP contribution in [0.1, 0.15) is 38.1 Å². The molecule has 108 valence electrons. The number of rotatable bonds is 4. The van der Waals surface area contributed by atoms with Crippen LogP contribution in [0.4, 0.5) is 0 Å². The minimum absolute atomic E-state index is 0.0683. The van der Waals surface area contributed by atoms with Gasteiger partial charge in [0.1, 0.15) is 11.5 Å². The molecule has 0 amide bonds. The van der Waals surface area contributed by atoms with E-state index in [4.69, 9.17) is 11.6 Å². The first-order valence-corrected chi connectivity index (χ1v) is 6.72. The first-order chi connectivity index (χ1) is 9.45. The van der Waals surface area contributed by atoms with Gasteiger partial charge in [-0.1, -0.05) is 25.4 Å². The van der Waals surface area contributed by atoms with Crippen LogP contribution < -0.4 is 11.2 Å². The third kappa shape index (κ3) is 2.53. The smallest absolute Gasteiger partial charge is 0.316 e. The fraction of sp³-hybridized carbons (Fsp3) is 0.500. The third-order valence-electron chi connectivity index (χ3n) is 3.09. The van der Waals surface area contributed by atoms with Gasteiger partial charge in [-0.3, -0.25) is 14.3 Å². The van der Waals surface area contributed by atoms with E-state index in [9.17, 15) is 9.59 Å². The Labute approximate surface area is 120 Å². The van der Waals surface area contributed by atoms with Crippen molar-refractivity contribution in [3.05, 3.63) is 43.7 Å². The lowest BCUT2D eigenvalue weighted by Gasteiger charge is -2.11. The molecule has 8 heteroatoms. The largest absolute Gasteiger partial charge is 0.329 e. The second-order valence-corrected chi connectivity index (χ2v) is 5.11. The molecule has 2 aromatic rings. The number of hydrogen-bond acceptors (Lipinski definition) is 4. The molecule has 0 saturated heterocycles. The molecule has 2 rings (SSSR count). The van der Waals surface area contributed by atoms with Gasteiger partial charge in [-0.2, -0.15) is 0 Å². The summed E-state index contributed by atoms with van der Waals surface area (Å²) in [6.07, 6.45) is 1.56. The Morgan fingerprint density at radius 3 is 2.70 bits per heavy atom. The zero-order chi connectivity index (χ0) is 14.9. The minimum Gasteiger partial charge on any atom is -0.316 e. The van der Waals surface area contributed by atoms with Crippen LogP contribution >= 0.6 is 11.6 Å². The average Bonchev–Trinajstić information content (AvgIpc) is 2.80. The highest BCUT2D eigenvalue weighted by Crippen LogP contribution is 2.16. The Balaban J connectivity index is 2.55. The molecule has 0 bridgehead atoms. The van der Waals surface area contributed by atoms with Crippen LogP contribution in [0.15, 0.2) is 15.9 Å². The number of aryl methyl sites for hydroxylation is 1. The topological polar surface area (TPSA) is 85.6 Å². The lowest BCUT2D eigenvalue weighted by Crippen LogP contribution is -2.38. The van der Waals surface area contributed by atoms with Crippen molar-refractivity contribution in [1.29, 1.82) is 0 Å². The van der Waals surface area contributed by atoms with Gasteiger partial charge >= 0.3 is 5.69 Å². The molecule has 0 aliphatic carbocycles. The SMILES string of the molecule is CCn1cnnc1Cn1c(=O)[nH]c(Cl)c(C(C)C)c1=O. The Kier molecular flexibility index (Phi) is 4.08. The quantitative estimate of drug-likeness (QED) is 0.852. The Morgan fingerprint density at radius 1 is 1.40 bits per heavy atom. The summed E-state index contributed by atoms with van der Waals surface area (Å²) in [5.74, 6) is 0.472. The van der Waals surface area contributed by atoms with Crippen LogP contribution in [0, 0.1) is 0 Å². The molecule has 0 aliphatic heterocycles. The molecule has 0 aliphatic rings. The molecule has 7 nitrogen and oxygen atoms in total. The fourth-order valence-electron chi connectivity index (χ4n) is 2.01. The Morgan fingerprint density at radius 2 is 2.10 bits per heavy atom. The predicted octanol–water partition coefficient (Wildman–Crippen LogP) is 0.973. The second kappa shape index (κ2) is 5.62. The number of halogens is 1. The van der Waals surface area contributed by atoms with Gasteiger partial charge in [0.2, 0.25) is 0 Å². The monoisotopic (exact) mass is 297 g/mol. The summed E-state index contributed by atoms with van der Waals surface area (Å²) >= 11 is 5.94. The molecule has 2 aromatic heterocycles. The van der Waals surface area contributed by atoms with Gasteiger partial charge in [-0.15, -0.1) is 10.2 Å². The van der Waals surface area contributed by atoms with Crippen molar-refractivity contribution >= 4 is 11.6 Å². The number of hydrogen-bond donors (Lipinski definition) is 1. The van der Waals surface area contributed by atoms with E-state index in [0.29, 0.717) is 17.9 Å². The highest BCUT2D eigenvalue weighted by molar-refractivity contribution is 6.30. The van der Waals surface area contributed by atoms with E-state index in [-0.39, 0.29) is 23.2 Å². The predicted molar refractivity (Wildman–Crippen MR) is 75.2 cm³/mol. The van der Waals surface area contributed by atoms with E-state index < -0.39 is 5.69 Å². The molecule has 0 radical (unpaired) electrons. The molecular formula is C12H16ClN5O2. The maximum absolute atomic E-state index is 12.4. The lowest BCUT2D eigenvalue weighted by atomic mass is 10.1. The minimum atomic E-state index is -0.546. The van der Waals surface area contributed by atoms with Crippen molar-refractivity contribution in [2.45, 2.75) is 39.8 Å². The summed E-state index contributed by atoms with van der Waals surface area (Å²) in [5.41, 5.74) is -0.539. The maximum Gasteiger partial charge on any atom is 0.329 e. The lowest BCUT2D eigenvalue weighted by molar-refractivity contribution is 0.604. The molecule has 0 fully saturated rings. The zero-order valence-corrected chi connectivity index (χ0v) is 12.3. The van der Waals surface area contributed by atoms with Crippen LogP contribution in [0.5, 0.6) is 0 Å². The van der Waals surface area contributed by atoms with Crippen molar-refractivity contribution in [3.63, 3.8) is 0 Å². The van der Waals surface area contributed by atoms with E-state index in [2.05, 4.69) is 15.2 Å². The molecule has 20 heavy (non-hydrogen) atoms. The molecule has 2 heterocycles. The molecule has 0 saturated carbocycles. The van der Waals surface area contributed by atoms with E-state index in [1.54, 1.807) is 10.9 Å². The van der Waals surface area contributed by atoms with Crippen molar-refractivity contribution < 1.29 is 0 Å². The maximum atomic E-state index is 12.4. The van der Waals surface area contributed by atoms with E-state index in [1.807, 2.05) is 20.8 Å². The van der Waals surface area contributed by atoms with Crippen LogP contribution in [-0.2, 0) is 13.1 Å². The summed E-state index contributed by atoms with van der Waals surface area (Å²) in [7, 11) is 0. The van der Waals surface area contributed by atoms with Crippen molar-refractivity contribution in [1.82, 2.24) is 24.3 Å². The van der Waals surface area contributed by atoms with Crippen molar-refractivity contribution in [2.75, 3.05) is 0 Å². The summed E-state index contributed by atoms with van der Waals surface area (Å²) in [4.78, 5) is 26.8. The zero-order valence-electron chi connectivity index (χ0n) is 11.6. The molecular weight excluding hydrogens is 282 g/mol. The van der Waals surface area contributed by atoms with Gasteiger partial charge < -0.3 is 4.57 Å². The number of aromatic nitrogens is 5. The summed E-state index contributed by atoms with van der Waals surface area (Å²) in [6, 6.07) is 0. The molecule has 0 atom stereocenters. The van der Waals surface area contributed by atoms with Crippen molar-refractivity contribution in [3.8, 4) is 0 Å².